The Bertz CT molecular complexity index is 878. The molecule has 3 amide bonds. The van der Waals surface area contributed by atoms with E-state index in [-0.39, 0.29) is 29.5 Å². The summed E-state index contributed by atoms with van der Waals surface area (Å²) >= 11 is 0. The summed E-state index contributed by atoms with van der Waals surface area (Å²) in [6.45, 7) is 4.87. The van der Waals surface area contributed by atoms with Crippen LogP contribution in [0.5, 0.6) is 0 Å². The molecule has 1 saturated heterocycles. The van der Waals surface area contributed by atoms with Crippen molar-refractivity contribution >= 4 is 23.3 Å². The van der Waals surface area contributed by atoms with Crippen molar-refractivity contribution in [2.24, 2.45) is 11.8 Å². The summed E-state index contributed by atoms with van der Waals surface area (Å²) in [6.07, 6.45) is 1.36. The fraction of sp³-hybridized carbons (Fsp3) is 0.364. The third-order valence-electron chi connectivity index (χ3n) is 5.44. The molecule has 1 heterocycles. The number of nitrogens with zero attached hydrogens (tertiary/aromatic N) is 1. The Morgan fingerprint density at radius 2 is 1.69 bits per heavy atom. The monoisotopic (exact) mass is 401 g/mol. The van der Waals surface area contributed by atoms with E-state index in [1.807, 2.05) is 31.2 Å². The number of carbonyl (C=O) groups excluding carboxylic acids is 2. The van der Waals surface area contributed by atoms with Crippen LogP contribution in [0.4, 0.5) is 25.0 Å². The van der Waals surface area contributed by atoms with Crippen LogP contribution >= 0.6 is 0 Å². The molecule has 2 aromatic carbocycles. The minimum Gasteiger partial charge on any atom is -0.325 e. The van der Waals surface area contributed by atoms with Crippen LogP contribution in [0.2, 0.25) is 0 Å². The highest BCUT2D eigenvalue weighted by molar-refractivity contribution is 5.92. The summed E-state index contributed by atoms with van der Waals surface area (Å²) in [5, 5.41) is 5.42. The average Bonchev–Trinajstić information content (AvgIpc) is 2.71. The zero-order valence-corrected chi connectivity index (χ0v) is 16.5. The van der Waals surface area contributed by atoms with E-state index in [9.17, 15) is 18.4 Å². The lowest BCUT2D eigenvalue weighted by atomic mass is 9.85. The van der Waals surface area contributed by atoms with Gasteiger partial charge in [-0.3, -0.25) is 4.79 Å². The fourth-order valence-electron chi connectivity index (χ4n) is 3.49. The van der Waals surface area contributed by atoms with Gasteiger partial charge in [0.05, 0.1) is 5.69 Å². The summed E-state index contributed by atoms with van der Waals surface area (Å²) in [5.41, 5.74) is 1.84. The first-order valence-electron chi connectivity index (χ1n) is 9.72. The first-order chi connectivity index (χ1) is 13.8. The highest BCUT2D eigenvalue weighted by Crippen LogP contribution is 2.27. The molecule has 29 heavy (non-hydrogen) atoms. The number of piperidine rings is 1. The van der Waals surface area contributed by atoms with Crippen molar-refractivity contribution in [3.8, 4) is 0 Å². The highest BCUT2D eigenvalue weighted by atomic mass is 19.1. The Kier molecular flexibility index (Phi) is 6.46. The van der Waals surface area contributed by atoms with E-state index in [2.05, 4.69) is 10.6 Å². The number of rotatable bonds is 4. The normalized spacial score (nSPS) is 15.7. The van der Waals surface area contributed by atoms with E-state index in [0.717, 1.165) is 23.4 Å². The van der Waals surface area contributed by atoms with E-state index in [1.54, 1.807) is 11.8 Å². The van der Waals surface area contributed by atoms with Gasteiger partial charge in [0.1, 0.15) is 11.6 Å². The zero-order valence-electron chi connectivity index (χ0n) is 16.5. The van der Waals surface area contributed by atoms with Crippen molar-refractivity contribution in [1.29, 1.82) is 0 Å². The molecule has 2 aromatic rings. The number of benzene rings is 2. The first kappa shape index (κ1) is 20.8. The molecule has 0 saturated carbocycles. The van der Waals surface area contributed by atoms with Crippen molar-refractivity contribution in [1.82, 2.24) is 4.90 Å². The topological polar surface area (TPSA) is 61.4 Å². The molecule has 2 N–H and O–H groups in total. The number of hydrogen-bond donors (Lipinski definition) is 2. The van der Waals surface area contributed by atoms with Gasteiger partial charge < -0.3 is 15.5 Å². The molecule has 0 aliphatic carbocycles. The molecule has 0 spiro atoms. The van der Waals surface area contributed by atoms with Crippen molar-refractivity contribution in [2.45, 2.75) is 26.7 Å². The molecule has 1 unspecified atom stereocenters. The molecular weight excluding hydrogens is 376 g/mol. The van der Waals surface area contributed by atoms with Crippen LogP contribution in [-0.2, 0) is 4.79 Å². The summed E-state index contributed by atoms with van der Waals surface area (Å²) in [6, 6.07) is 10.5. The lowest BCUT2D eigenvalue weighted by Gasteiger charge is -2.34. The van der Waals surface area contributed by atoms with Gasteiger partial charge in [0, 0.05) is 30.8 Å². The molecule has 1 aliphatic rings. The van der Waals surface area contributed by atoms with Gasteiger partial charge in [-0.05, 0) is 49.9 Å². The Balaban J connectivity index is 1.50. The van der Waals surface area contributed by atoms with E-state index >= 15 is 0 Å². The Morgan fingerprint density at radius 3 is 2.31 bits per heavy atom. The van der Waals surface area contributed by atoms with Gasteiger partial charge in [-0.1, -0.05) is 24.6 Å². The van der Waals surface area contributed by atoms with Crippen LogP contribution < -0.4 is 10.6 Å². The van der Waals surface area contributed by atoms with E-state index < -0.39 is 11.6 Å². The molecule has 1 aliphatic heterocycles. The molecular formula is C22H25F2N3O2. The van der Waals surface area contributed by atoms with Crippen molar-refractivity contribution in [2.75, 3.05) is 23.7 Å². The number of aryl methyl sites for hydroxylation is 1. The predicted octanol–water partition coefficient (Wildman–Crippen LogP) is 4.79. The smallest absolute Gasteiger partial charge is 0.321 e. The number of nitrogens with one attached hydrogen (secondary N) is 2. The second kappa shape index (κ2) is 9.03. The SMILES string of the molecule is Cc1ccc(NC(=O)N2CCC(C(C)C(=O)Nc3ccc(F)cc3F)CC2)cc1. The quantitative estimate of drug-likeness (QED) is 0.774. The molecule has 0 radical (unpaired) electrons. The van der Waals surface area contributed by atoms with Gasteiger partial charge in [-0.25, -0.2) is 13.6 Å². The second-order valence-electron chi connectivity index (χ2n) is 7.52. The number of anilines is 2. The van der Waals surface area contributed by atoms with Gasteiger partial charge in [-0.15, -0.1) is 0 Å². The highest BCUT2D eigenvalue weighted by Gasteiger charge is 2.30. The maximum Gasteiger partial charge on any atom is 0.321 e. The van der Waals surface area contributed by atoms with Crippen LogP contribution in [0.3, 0.4) is 0 Å². The predicted molar refractivity (Wildman–Crippen MR) is 109 cm³/mol. The second-order valence-corrected chi connectivity index (χ2v) is 7.52. The van der Waals surface area contributed by atoms with Crippen LogP contribution in [0.15, 0.2) is 42.5 Å². The average molecular weight is 401 g/mol. The van der Waals surface area contributed by atoms with Crippen LogP contribution in [0.1, 0.15) is 25.3 Å². The summed E-state index contributed by atoms with van der Waals surface area (Å²) < 4.78 is 26.8. The van der Waals surface area contributed by atoms with E-state index in [1.165, 1.54) is 6.07 Å². The first-order valence-corrected chi connectivity index (χ1v) is 9.72. The van der Waals surface area contributed by atoms with Gasteiger partial charge in [0.25, 0.3) is 0 Å². The number of amides is 3. The Hall–Kier alpha value is -2.96. The molecule has 0 bridgehead atoms. The third-order valence-corrected chi connectivity index (χ3v) is 5.44. The lowest BCUT2D eigenvalue weighted by molar-refractivity contribution is -0.121. The molecule has 0 aromatic heterocycles. The van der Waals surface area contributed by atoms with Gasteiger partial charge in [-0.2, -0.15) is 0 Å². The minimum absolute atomic E-state index is 0.0295. The fourth-order valence-corrected chi connectivity index (χ4v) is 3.49. The minimum atomic E-state index is -0.798. The number of urea groups is 1. The Labute approximate surface area is 169 Å². The largest absolute Gasteiger partial charge is 0.325 e. The summed E-state index contributed by atoms with van der Waals surface area (Å²) in [7, 11) is 0. The van der Waals surface area contributed by atoms with Crippen molar-refractivity contribution in [3.05, 3.63) is 59.7 Å². The van der Waals surface area contributed by atoms with Gasteiger partial charge >= 0.3 is 6.03 Å². The molecule has 1 fully saturated rings. The van der Waals surface area contributed by atoms with E-state index in [0.29, 0.717) is 25.9 Å². The number of carbonyl (C=O) groups is 2. The standard InChI is InChI=1S/C22H25F2N3O2/c1-14-3-6-18(7-4-14)25-22(29)27-11-9-16(10-12-27)15(2)21(28)26-20-8-5-17(23)13-19(20)24/h3-8,13,15-16H,9-12H2,1-2H3,(H,25,29)(H,26,28). The van der Waals surface area contributed by atoms with Gasteiger partial charge in [0.15, 0.2) is 0 Å². The maximum atomic E-state index is 13.8. The molecule has 1 atom stereocenters. The zero-order chi connectivity index (χ0) is 21.0. The third kappa shape index (κ3) is 5.31. The van der Waals surface area contributed by atoms with Crippen molar-refractivity contribution in [3.63, 3.8) is 0 Å². The molecule has 7 heteroatoms. The van der Waals surface area contributed by atoms with Crippen molar-refractivity contribution < 1.29 is 18.4 Å². The number of likely N-dealkylation sites (tertiary alicyclic amines) is 1. The summed E-state index contributed by atoms with van der Waals surface area (Å²) in [4.78, 5) is 26.6. The lowest BCUT2D eigenvalue weighted by Crippen LogP contribution is -2.43. The van der Waals surface area contributed by atoms with E-state index in [4.69, 9.17) is 0 Å². The molecule has 3 rings (SSSR count). The number of hydrogen-bond acceptors (Lipinski definition) is 2. The Morgan fingerprint density at radius 1 is 1.03 bits per heavy atom. The molecule has 154 valence electrons. The van der Waals surface area contributed by atoms with Gasteiger partial charge in [0.2, 0.25) is 5.91 Å². The van der Waals surface area contributed by atoms with Crippen LogP contribution in [0, 0.1) is 30.4 Å². The summed E-state index contributed by atoms with van der Waals surface area (Å²) in [5.74, 6) is -2.06. The van der Waals surface area contributed by atoms with Crippen LogP contribution in [-0.4, -0.2) is 29.9 Å². The van der Waals surface area contributed by atoms with Crippen LogP contribution in [0.25, 0.3) is 0 Å². The number of halogens is 2. The maximum absolute atomic E-state index is 13.8. The molecule has 5 nitrogen and oxygen atoms in total.